The molecule has 0 saturated heterocycles. The van der Waals surface area contributed by atoms with Crippen molar-refractivity contribution >= 4 is 16.7 Å². The molecule has 83 valence electrons. The third-order valence-electron chi connectivity index (χ3n) is 2.45. The Hall–Kier alpha value is -2.49. The summed E-state index contributed by atoms with van der Waals surface area (Å²) in [7, 11) is 0. The van der Waals surface area contributed by atoms with Crippen LogP contribution in [0, 0.1) is 6.33 Å². The lowest BCUT2D eigenvalue weighted by molar-refractivity contribution is 0.483. The van der Waals surface area contributed by atoms with Crippen molar-refractivity contribution in [1.29, 1.82) is 0 Å². The maximum atomic E-state index is 5.69. The van der Waals surface area contributed by atoms with Crippen LogP contribution in [-0.2, 0) is 0 Å². The number of aromatic nitrogens is 2. The van der Waals surface area contributed by atoms with E-state index < -0.39 is 0 Å². The van der Waals surface area contributed by atoms with Crippen molar-refractivity contribution in [3.05, 3.63) is 48.8 Å². The molecule has 0 aliphatic rings. The van der Waals surface area contributed by atoms with E-state index in [4.69, 9.17) is 10.5 Å². The Balaban J connectivity index is 1.91. The van der Waals surface area contributed by atoms with Crippen molar-refractivity contribution in [2.45, 2.75) is 0 Å². The first-order valence-electron chi connectivity index (χ1n) is 5.20. The zero-order valence-corrected chi connectivity index (χ0v) is 8.97. The minimum absolute atomic E-state index is 0.717. The molecular weight excluding hydrogens is 214 g/mol. The summed E-state index contributed by atoms with van der Waals surface area (Å²) < 4.78 is 5.69. The fourth-order valence-electron chi connectivity index (χ4n) is 1.59. The van der Waals surface area contributed by atoms with Crippen LogP contribution in [0.2, 0.25) is 0 Å². The summed E-state index contributed by atoms with van der Waals surface area (Å²) >= 11 is 0. The number of nitrogen functional groups attached to an aromatic ring is 1. The molecule has 17 heavy (non-hydrogen) atoms. The fraction of sp³-hybridized carbons (Fsp3) is 0. The van der Waals surface area contributed by atoms with Crippen LogP contribution < -0.4 is 10.5 Å². The zero-order chi connectivity index (χ0) is 11.7. The average Bonchev–Trinajstić information content (AvgIpc) is 2.79. The number of imidazole rings is 1. The van der Waals surface area contributed by atoms with Crippen LogP contribution >= 0.6 is 0 Å². The van der Waals surface area contributed by atoms with Crippen LogP contribution in [0.5, 0.6) is 11.5 Å². The van der Waals surface area contributed by atoms with Gasteiger partial charge in [-0.3, -0.25) is 0 Å². The smallest absolute Gasteiger partial charge is 0.174 e. The van der Waals surface area contributed by atoms with Gasteiger partial charge in [0.05, 0.1) is 11.0 Å². The predicted molar refractivity (Wildman–Crippen MR) is 65.9 cm³/mol. The van der Waals surface area contributed by atoms with Crippen molar-refractivity contribution in [1.82, 2.24) is 9.97 Å². The summed E-state index contributed by atoms with van der Waals surface area (Å²) in [6.07, 6.45) is 2.69. The molecule has 4 heteroatoms. The number of fused-ring (bicyclic) bond motifs is 1. The molecule has 4 nitrogen and oxygen atoms in total. The molecule has 1 aromatic heterocycles. The van der Waals surface area contributed by atoms with Crippen LogP contribution in [0.15, 0.2) is 42.5 Å². The lowest BCUT2D eigenvalue weighted by Gasteiger charge is -2.05. The number of ether oxygens (including phenoxy) is 1. The monoisotopic (exact) mass is 224 g/mol. The Bertz CT molecular complexity index is 643. The first-order chi connectivity index (χ1) is 8.31. The van der Waals surface area contributed by atoms with E-state index in [-0.39, 0.29) is 0 Å². The normalized spacial score (nSPS) is 10.6. The molecule has 0 amide bonds. The maximum Gasteiger partial charge on any atom is 0.174 e. The number of H-pyrrole nitrogens is 1. The molecule has 0 aliphatic heterocycles. The number of hydrogen-bond donors (Lipinski definition) is 2. The number of rotatable bonds is 2. The van der Waals surface area contributed by atoms with Gasteiger partial charge in [0.2, 0.25) is 0 Å². The van der Waals surface area contributed by atoms with Crippen LogP contribution in [0.25, 0.3) is 11.0 Å². The molecule has 0 spiro atoms. The van der Waals surface area contributed by atoms with E-state index in [1.165, 1.54) is 0 Å². The molecule has 0 saturated carbocycles. The summed E-state index contributed by atoms with van der Waals surface area (Å²) in [5, 5.41) is 0. The van der Waals surface area contributed by atoms with Gasteiger partial charge in [0.25, 0.3) is 0 Å². The number of benzene rings is 2. The highest BCUT2D eigenvalue weighted by Gasteiger charge is 2.01. The van der Waals surface area contributed by atoms with Crippen molar-refractivity contribution in [3.63, 3.8) is 0 Å². The first kappa shape index (κ1) is 9.72. The van der Waals surface area contributed by atoms with Gasteiger partial charge < -0.3 is 15.5 Å². The maximum absolute atomic E-state index is 5.69. The lowest BCUT2D eigenvalue weighted by Crippen LogP contribution is -1.86. The van der Waals surface area contributed by atoms with E-state index in [0.717, 1.165) is 28.2 Å². The molecule has 1 radical (unpaired) electrons. The Morgan fingerprint density at radius 2 is 1.82 bits per heavy atom. The van der Waals surface area contributed by atoms with Crippen molar-refractivity contribution in [3.8, 4) is 11.5 Å². The van der Waals surface area contributed by atoms with E-state index >= 15 is 0 Å². The summed E-state index contributed by atoms with van der Waals surface area (Å²) in [5.74, 6) is 1.49. The number of hydrogen-bond acceptors (Lipinski definition) is 3. The van der Waals surface area contributed by atoms with Gasteiger partial charge in [-0.15, -0.1) is 0 Å². The van der Waals surface area contributed by atoms with Crippen LogP contribution in [0.1, 0.15) is 0 Å². The van der Waals surface area contributed by atoms with Gasteiger partial charge in [0.15, 0.2) is 6.33 Å². The highest BCUT2D eigenvalue weighted by atomic mass is 16.5. The number of aromatic amines is 1. The molecule has 3 N–H and O–H groups in total. The van der Waals surface area contributed by atoms with Gasteiger partial charge >= 0.3 is 0 Å². The molecule has 1 heterocycles. The average molecular weight is 224 g/mol. The highest BCUT2D eigenvalue weighted by molar-refractivity contribution is 5.76. The van der Waals surface area contributed by atoms with E-state index in [9.17, 15) is 0 Å². The first-order valence-corrected chi connectivity index (χ1v) is 5.20. The lowest BCUT2D eigenvalue weighted by atomic mass is 10.3. The van der Waals surface area contributed by atoms with Gasteiger partial charge in [-0.25, -0.2) is 4.98 Å². The molecule has 2 aromatic carbocycles. The van der Waals surface area contributed by atoms with Gasteiger partial charge in [-0.05, 0) is 36.4 Å². The SMILES string of the molecule is Nc1ccc(Oc2ccc3[nH][c]nc3c2)cc1. The largest absolute Gasteiger partial charge is 0.457 e. The van der Waals surface area contributed by atoms with E-state index in [1.54, 1.807) is 12.1 Å². The van der Waals surface area contributed by atoms with E-state index in [1.807, 2.05) is 30.3 Å². The Morgan fingerprint density at radius 1 is 1.06 bits per heavy atom. The second kappa shape index (κ2) is 3.83. The highest BCUT2D eigenvalue weighted by Crippen LogP contribution is 2.24. The molecule has 0 aliphatic carbocycles. The van der Waals surface area contributed by atoms with Gasteiger partial charge in [0.1, 0.15) is 11.5 Å². The minimum Gasteiger partial charge on any atom is -0.457 e. The van der Waals surface area contributed by atoms with Crippen molar-refractivity contribution in [2.24, 2.45) is 0 Å². The topological polar surface area (TPSA) is 63.9 Å². The quantitative estimate of drug-likeness (QED) is 0.658. The van der Waals surface area contributed by atoms with Gasteiger partial charge in [0, 0.05) is 11.8 Å². The zero-order valence-electron chi connectivity index (χ0n) is 8.97. The third-order valence-corrected chi connectivity index (χ3v) is 2.45. The Morgan fingerprint density at radius 3 is 2.65 bits per heavy atom. The Kier molecular flexibility index (Phi) is 2.19. The predicted octanol–water partition coefficient (Wildman–Crippen LogP) is 2.74. The molecule has 0 unspecified atom stereocenters. The number of anilines is 1. The summed E-state index contributed by atoms with van der Waals surface area (Å²) in [5.41, 5.74) is 8.09. The van der Waals surface area contributed by atoms with Crippen LogP contribution in [-0.4, -0.2) is 9.97 Å². The number of nitrogens with zero attached hydrogens (tertiary/aromatic N) is 1. The molecule has 0 atom stereocenters. The minimum atomic E-state index is 0.717. The van der Waals surface area contributed by atoms with Gasteiger partial charge in [-0.2, -0.15) is 0 Å². The Labute approximate surface area is 98.1 Å². The molecular formula is C13H10N3O. The van der Waals surface area contributed by atoms with Crippen molar-refractivity contribution in [2.75, 3.05) is 5.73 Å². The van der Waals surface area contributed by atoms with E-state index in [2.05, 4.69) is 16.3 Å². The summed E-state index contributed by atoms with van der Waals surface area (Å²) in [6.45, 7) is 0. The molecule has 3 rings (SSSR count). The van der Waals surface area contributed by atoms with Gasteiger partial charge in [-0.1, -0.05) is 0 Å². The number of nitrogens with one attached hydrogen (secondary N) is 1. The van der Waals surface area contributed by atoms with Crippen LogP contribution in [0.4, 0.5) is 5.69 Å². The second-order valence-electron chi connectivity index (χ2n) is 3.70. The second-order valence-corrected chi connectivity index (χ2v) is 3.70. The van der Waals surface area contributed by atoms with E-state index in [0.29, 0.717) is 0 Å². The third kappa shape index (κ3) is 1.92. The standard InChI is InChI=1S/C13H10N3O/c14-9-1-3-10(4-2-9)17-11-5-6-12-13(7-11)16-8-15-12/h1-7H,14H2,(H,15,16). The summed E-state index contributed by atoms with van der Waals surface area (Å²) in [4.78, 5) is 6.96. The molecule has 0 bridgehead atoms. The van der Waals surface area contributed by atoms with Crippen molar-refractivity contribution < 1.29 is 4.74 Å². The summed E-state index contributed by atoms with van der Waals surface area (Å²) in [6, 6.07) is 12.9. The molecule has 0 fully saturated rings. The molecule has 3 aromatic rings. The fourth-order valence-corrected chi connectivity index (χ4v) is 1.59. The van der Waals surface area contributed by atoms with Crippen LogP contribution in [0.3, 0.4) is 0 Å². The number of nitrogens with two attached hydrogens (primary N) is 1.